The molecule has 1 saturated heterocycles. The number of sulfonamides is 1. The van der Waals surface area contributed by atoms with Crippen molar-refractivity contribution in [2.45, 2.75) is 73.7 Å². The number of sulfone groups is 1. The van der Waals surface area contributed by atoms with E-state index in [2.05, 4.69) is 10.6 Å². The molecule has 2 N–H and O–H groups in total. The Balaban J connectivity index is 1.61. The Hall–Kier alpha value is -1.65. The number of carbonyl (C=O) groups is 1. The van der Waals surface area contributed by atoms with Crippen LogP contribution in [0.2, 0.25) is 0 Å². The predicted octanol–water partition coefficient (Wildman–Crippen LogP) is 2.18. The second kappa shape index (κ2) is 9.23. The highest BCUT2D eigenvalue weighted by Crippen LogP contribution is 2.26. The molecule has 0 radical (unpaired) electrons. The van der Waals surface area contributed by atoms with Gasteiger partial charge in [-0.15, -0.1) is 0 Å². The summed E-state index contributed by atoms with van der Waals surface area (Å²) in [5.74, 6) is 0. The van der Waals surface area contributed by atoms with Crippen LogP contribution in [0, 0.1) is 6.92 Å². The first-order chi connectivity index (χ1) is 14.1. The second-order valence-corrected chi connectivity index (χ2v) is 12.3. The predicted molar refractivity (Wildman–Crippen MR) is 115 cm³/mol. The molecule has 2 fully saturated rings. The van der Waals surface area contributed by atoms with E-state index in [1.54, 1.807) is 6.92 Å². The van der Waals surface area contributed by atoms with Crippen molar-refractivity contribution < 1.29 is 21.6 Å². The fourth-order valence-corrected chi connectivity index (χ4v) is 6.57. The van der Waals surface area contributed by atoms with E-state index in [9.17, 15) is 21.6 Å². The summed E-state index contributed by atoms with van der Waals surface area (Å²) in [5.41, 5.74) is 0.509. The van der Waals surface area contributed by atoms with E-state index >= 15 is 0 Å². The average Bonchev–Trinajstić information content (AvgIpc) is 2.68. The molecule has 1 saturated carbocycles. The molecule has 1 heterocycles. The van der Waals surface area contributed by atoms with Crippen molar-refractivity contribution in [1.82, 2.24) is 14.9 Å². The van der Waals surface area contributed by atoms with E-state index < -0.39 is 19.9 Å². The maximum atomic E-state index is 13.1. The van der Waals surface area contributed by atoms with Crippen LogP contribution in [-0.4, -0.2) is 58.6 Å². The number of rotatable bonds is 5. The maximum absolute atomic E-state index is 13.1. The van der Waals surface area contributed by atoms with Crippen LogP contribution in [0.15, 0.2) is 28.0 Å². The van der Waals surface area contributed by atoms with Gasteiger partial charge in [0.05, 0.1) is 9.79 Å². The molecule has 1 aromatic carbocycles. The normalized spacial score (nSPS) is 20.1. The van der Waals surface area contributed by atoms with E-state index in [0.717, 1.165) is 31.9 Å². The summed E-state index contributed by atoms with van der Waals surface area (Å²) in [7, 11) is -7.31. The monoisotopic (exact) mass is 457 g/mol. The third kappa shape index (κ3) is 5.53. The summed E-state index contributed by atoms with van der Waals surface area (Å²) in [6.07, 6.45) is 7.61. The molecule has 1 aliphatic carbocycles. The van der Waals surface area contributed by atoms with Crippen LogP contribution in [0.5, 0.6) is 0 Å². The lowest BCUT2D eigenvalue weighted by atomic mass is 9.96. The molecule has 1 aliphatic heterocycles. The first-order valence-corrected chi connectivity index (χ1v) is 13.8. The first-order valence-electron chi connectivity index (χ1n) is 10.5. The third-order valence-electron chi connectivity index (χ3n) is 5.94. The van der Waals surface area contributed by atoms with Crippen LogP contribution < -0.4 is 10.6 Å². The van der Waals surface area contributed by atoms with Gasteiger partial charge in [0.15, 0.2) is 9.84 Å². The molecular weight excluding hydrogens is 426 g/mol. The van der Waals surface area contributed by atoms with Gasteiger partial charge in [-0.25, -0.2) is 21.6 Å². The zero-order valence-electron chi connectivity index (χ0n) is 17.6. The maximum Gasteiger partial charge on any atom is 0.315 e. The van der Waals surface area contributed by atoms with Crippen LogP contribution >= 0.6 is 0 Å². The lowest BCUT2D eigenvalue weighted by Crippen LogP contribution is -2.51. The number of carbonyl (C=O) groups excluding carboxylic acids is 1. The Morgan fingerprint density at radius 1 is 0.933 bits per heavy atom. The largest absolute Gasteiger partial charge is 0.335 e. The highest BCUT2D eigenvalue weighted by Gasteiger charge is 2.32. The van der Waals surface area contributed by atoms with E-state index in [4.69, 9.17) is 0 Å². The van der Waals surface area contributed by atoms with Crippen molar-refractivity contribution in [3.05, 3.63) is 23.8 Å². The van der Waals surface area contributed by atoms with Crippen molar-refractivity contribution >= 4 is 25.9 Å². The summed E-state index contributed by atoms with van der Waals surface area (Å²) in [5, 5.41) is 5.99. The number of piperidine rings is 1. The van der Waals surface area contributed by atoms with E-state index in [1.165, 1.54) is 28.9 Å². The Kier molecular flexibility index (Phi) is 7.09. The fourth-order valence-electron chi connectivity index (χ4n) is 4.13. The Morgan fingerprint density at radius 3 is 2.07 bits per heavy atom. The van der Waals surface area contributed by atoms with Gasteiger partial charge in [0.2, 0.25) is 10.0 Å². The lowest BCUT2D eigenvalue weighted by Gasteiger charge is -2.32. The van der Waals surface area contributed by atoms with Crippen molar-refractivity contribution in [2.24, 2.45) is 0 Å². The minimum Gasteiger partial charge on any atom is -0.335 e. The van der Waals surface area contributed by atoms with Crippen LogP contribution in [0.25, 0.3) is 0 Å². The minimum absolute atomic E-state index is 0.0115. The number of benzene rings is 1. The molecule has 168 valence electrons. The molecule has 0 atom stereocenters. The number of nitrogens with zero attached hydrogens (tertiary/aromatic N) is 1. The molecule has 2 aliphatic rings. The van der Waals surface area contributed by atoms with E-state index in [0.29, 0.717) is 18.4 Å². The zero-order valence-corrected chi connectivity index (χ0v) is 19.2. The fraction of sp³-hybridized carbons (Fsp3) is 0.650. The molecule has 0 unspecified atom stereocenters. The number of hydrogen-bond acceptors (Lipinski definition) is 5. The van der Waals surface area contributed by atoms with Crippen molar-refractivity contribution in [3.63, 3.8) is 0 Å². The van der Waals surface area contributed by atoms with E-state index in [-0.39, 0.29) is 41.0 Å². The van der Waals surface area contributed by atoms with Gasteiger partial charge < -0.3 is 10.6 Å². The topological polar surface area (TPSA) is 113 Å². The summed E-state index contributed by atoms with van der Waals surface area (Å²) >= 11 is 0. The quantitative estimate of drug-likeness (QED) is 0.704. The standard InChI is InChI=1S/C20H31N3O5S2/c1-15-8-9-18(29(2,25)26)14-19(15)30(27,28)23-12-10-17(11-13-23)22-20(24)21-16-6-4-3-5-7-16/h8-9,14,16-17H,3-7,10-13H2,1-2H3,(H2,21,22,24). The van der Waals surface area contributed by atoms with Crippen molar-refractivity contribution in [3.8, 4) is 0 Å². The third-order valence-corrected chi connectivity index (χ3v) is 9.09. The zero-order chi connectivity index (χ0) is 21.9. The number of aryl methyl sites for hydroxylation is 1. The SMILES string of the molecule is Cc1ccc(S(C)(=O)=O)cc1S(=O)(=O)N1CCC(NC(=O)NC2CCCCC2)CC1. The smallest absolute Gasteiger partial charge is 0.315 e. The number of amides is 2. The molecular formula is C20H31N3O5S2. The molecule has 0 bridgehead atoms. The summed E-state index contributed by atoms with van der Waals surface area (Å²) in [6.45, 7) is 2.21. The van der Waals surface area contributed by atoms with Gasteiger partial charge in [-0.05, 0) is 50.3 Å². The summed E-state index contributed by atoms with van der Waals surface area (Å²) in [6, 6.07) is 4.15. The summed E-state index contributed by atoms with van der Waals surface area (Å²) in [4.78, 5) is 12.3. The minimum atomic E-state index is -3.81. The highest BCUT2D eigenvalue weighted by atomic mass is 32.2. The number of nitrogens with one attached hydrogen (secondary N) is 2. The molecule has 30 heavy (non-hydrogen) atoms. The molecule has 0 aromatic heterocycles. The Bertz CT molecular complexity index is 978. The van der Waals surface area contributed by atoms with E-state index in [1.807, 2.05) is 0 Å². The van der Waals surface area contributed by atoms with Gasteiger partial charge in [0.1, 0.15) is 0 Å². The number of urea groups is 1. The van der Waals surface area contributed by atoms with Crippen molar-refractivity contribution in [2.75, 3.05) is 19.3 Å². The molecule has 1 aromatic rings. The Labute approximate surface area is 179 Å². The van der Waals surface area contributed by atoms with Gasteiger partial charge in [0, 0.05) is 31.4 Å². The van der Waals surface area contributed by atoms with Gasteiger partial charge in [-0.3, -0.25) is 0 Å². The van der Waals surface area contributed by atoms with Crippen LogP contribution in [-0.2, 0) is 19.9 Å². The van der Waals surface area contributed by atoms with Gasteiger partial charge in [-0.2, -0.15) is 4.31 Å². The van der Waals surface area contributed by atoms with Crippen LogP contribution in [0.1, 0.15) is 50.5 Å². The van der Waals surface area contributed by atoms with Crippen LogP contribution in [0.3, 0.4) is 0 Å². The average molecular weight is 458 g/mol. The van der Waals surface area contributed by atoms with Gasteiger partial charge in [-0.1, -0.05) is 25.3 Å². The second-order valence-electron chi connectivity index (χ2n) is 8.33. The highest BCUT2D eigenvalue weighted by molar-refractivity contribution is 7.91. The molecule has 0 spiro atoms. The molecule has 2 amide bonds. The molecule has 8 nitrogen and oxygen atoms in total. The van der Waals surface area contributed by atoms with Gasteiger partial charge >= 0.3 is 6.03 Å². The molecule has 3 rings (SSSR count). The first kappa shape index (κ1) is 23.0. The van der Waals surface area contributed by atoms with Gasteiger partial charge in [0.25, 0.3) is 0 Å². The lowest BCUT2D eigenvalue weighted by molar-refractivity contribution is 0.220. The number of hydrogen-bond donors (Lipinski definition) is 2. The van der Waals surface area contributed by atoms with Crippen LogP contribution in [0.4, 0.5) is 4.79 Å². The molecule has 10 heteroatoms. The van der Waals surface area contributed by atoms with Crippen molar-refractivity contribution in [1.29, 1.82) is 0 Å². The Morgan fingerprint density at radius 2 is 1.50 bits per heavy atom. The summed E-state index contributed by atoms with van der Waals surface area (Å²) < 4.78 is 51.3.